The SMILES string of the molecule is OC(CCBr)C(O)c1ccc(Cl)c(Cl)c1. The van der Waals surface area contributed by atoms with Gasteiger partial charge in [0.1, 0.15) is 6.10 Å². The van der Waals surface area contributed by atoms with E-state index in [-0.39, 0.29) is 0 Å². The smallest absolute Gasteiger partial charge is 0.105 e. The van der Waals surface area contributed by atoms with Gasteiger partial charge in [-0.15, -0.1) is 0 Å². The van der Waals surface area contributed by atoms with E-state index >= 15 is 0 Å². The first-order valence-electron chi connectivity index (χ1n) is 4.43. The first kappa shape index (κ1) is 13.3. The van der Waals surface area contributed by atoms with Gasteiger partial charge in [-0.05, 0) is 24.1 Å². The van der Waals surface area contributed by atoms with Gasteiger partial charge in [0, 0.05) is 5.33 Å². The lowest BCUT2D eigenvalue weighted by Gasteiger charge is -2.17. The van der Waals surface area contributed by atoms with Crippen LogP contribution >= 0.6 is 39.1 Å². The number of rotatable bonds is 4. The van der Waals surface area contributed by atoms with E-state index in [0.29, 0.717) is 27.4 Å². The fourth-order valence-electron chi connectivity index (χ4n) is 1.19. The maximum Gasteiger partial charge on any atom is 0.105 e. The molecule has 15 heavy (non-hydrogen) atoms. The molecule has 5 heteroatoms. The molecule has 0 bridgehead atoms. The molecule has 0 aliphatic rings. The second kappa shape index (κ2) is 6.06. The molecule has 0 saturated carbocycles. The van der Waals surface area contributed by atoms with Crippen LogP contribution in [0.25, 0.3) is 0 Å². The molecule has 0 spiro atoms. The topological polar surface area (TPSA) is 40.5 Å². The van der Waals surface area contributed by atoms with E-state index in [9.17, 15) is 10.2 Å². The Morgan fingerprint density at radius 3 is 2.40 bits per heavy atom. The fraction of sp³-hybridized carbons (Fsp3) is 0.400. The lowest BCUT2D eigenvalue weighted by molar-refractivity contribution is 0.0174. The summed E-state index contributed by atoms with van der Waals surface area (Å²) in [6, 6.07) is 4.81. The van der Waals surface area contributed by atoms with Gasteiger partial charge in [-0.25, -0.2) is 0 Å². The highest BCUT2D eigenvalue weighted by molar-refractivity contribution is 9.09. The second-order valence-electron chi connectivity index (χ2n) is 3.16. The Morgan fingerprint density at radius 1 is 1.20 bits per heavy atom. The Hall–Kier alpha value is 0.200. The minimum atomic E-state index is -0.933. The normalized spacial score (nSPS) is 15.0. The van der Waals surface area contributed by atoms with Gasteiger partial charge in [-0.3, -0.25) is 0 Å². The number of halogens is 3. The average Bonchev–Trinajstić information content (AvgIpc) is 2.21. The van der Waals surface area contributed by atoms with Crippen LogP contribution in [0, 0.1) is 0 Å². The molecule has 2 nitrogen and oxygen atoms in total. The third-order valence-corrected chi connectivity index (χ3v) is 3.25. The van der Waals surface area contributed by atoms with Gasteiger partial charge in [0.25, 0.3) is 0 Å². The van der Waals surface area contributed by atoms with Crippen LogP contribution in [0.4, 0.5) is 0 Å². The molecule has 1 rings (SSSR count). The molecular formula is C10H11BrCl2O2. The molecule has 2 unspecified atom stereocenters. The summed E-state index contributed by atoms with van der Waals surface area (Å²) in [6.07, 6.45) is -1.26. The van der Waals surface area contributed by atoms with Crippen molar-refractivity contribution >= 4 is 39.1 Å². The molecule has 0 aromatic heterocycles. The van der Waals surface area contributed by atoms with Gasteiger partial charge < -0.3 is 10.2 Å². The van der Waals surface area contributed by atoms with Crippen LogP contribution in [0.1, 0.15) is 18.1 Å². The summed E-state index contributed by atoms with van der Waals surface area (Å²) in [7, 11) is 0. The van der Waals surface area contributed by atoms with E-state index in [4.69, 9.17) is 23.2 Å². The molecule has 0 heterocycles. The van der Waals surface area contributed by atoms with Crippen LogP contribution in [0.2, 0.25) is 10.0 Å². The Labute approximate surface area is 107 Å². The van der Waals surface area contributed by atoms with E-state index in [0.717, 1.165) is 0 Å². The lowest BCUT2D eigenvalue weighted by Crippen LogP contribution is -2.18. The molecule has 1 aromatic rings. The van der Waals surface area contributed by atoms with Gasteiger partial charge >= 0.3 is 0 Å². The Morgan fingerprint density at radius 2 is 1.87 bits per heavy atom. The second-order valence-corrected chi connectivity index (χ2v) is 4.77. The number of aliphatic hydroxyl groups excluding tert-OH is 2. The van der Waals surface area contributed by atoms with Crippen molar-refractivity contribution in [3.8, 4) is 0 Å². The van der Waals surface area contributed by atoms with Gasteiger partial charge in [0.05, 0.1) is 16.1 Å². The van der Waals surface area contributed by atoms with Crippen LogP contribution in [0.3, 0.4) is 0 Å². The van der Waals surface area contributed by atoms with Gasteiger partial charge in [-0.2, -0.15) is 0 Å². The zero-order valence-electron chi connectivity index (χ0n) is 7.83. The predicted molar refractivity (Wildman–Crippen MR) is 65.8 cm³/mol. The highest BCUT2D eigenvalue weighted by Crippen LogP contribution is 2.27. The van der Waals surface area contributed by atoms with E-state index in [1.165, 1.54) is 0 Å². The summed E-state index contributed by atoms with van der Waals surface area (Å²) in [5, 5.41) is 20.8. The summed E-state index contributed by atoms with van der Waals surface area (Å²) < 4.78 is 0. The van der Waals surface area contributed by atoms with Crippen molar-refractivity contribution in [3.63, 3.8) is 0 Å². The van der Waals surface area contributed by atoms with Crippen LogP contribution < -0.4 is 0 Å². The highest BCUT2D eigenvalue weighted by Gasteiger charge is 2.18. The van der Waals surface area contributed by atoms with Gasteiger partial charge in [0.15, 0.2) is 0 Å². The Bertz CT molecular complexity index is 333. The van der Waals surface area contributed by atoms with Crippen molar-refractivity contribution in [2.24, 2.45) is 0 Å². The molecule has 0 radical (unpaired) electrons. The monoisotopic (exact) mass is 312 g/mol. The maximum atomic E-state index is 9.76. The average molecular weight is 314 g/mol. The summed E-state index contributed by atoms with van der Waals surface area (Å²) in [5.74, 6) is 0. The molecule has 0 saturated heterocycles. The van der Waals surface area contributed by atoms with Crippen molar-refractivity contribution in [2.75, 3.05) is 5.33 Å². The quantitative estimate of drug-likeness (QED) is 0.838. The zero-order valence-corrected chi connectivity index (χ0v) is 10.9. The molecule has 84 valence electrons. The summed E-state index contributed by atoms with van der Waals surface area (Å²) >= 11 is 14.7. The van der Waals surface area contributed by atoms with Crippen LogP contribution in [-0.2, 0) is 0 Å². The number of benzene rings is 1. The number of aliphatic hydroxyl groups is 2. The number of hydrogen-bond donors (Lipinski definition) is 2. The maximum absolute atomic E-state index is 9.76. The molecule has 0 aliphatic carbocycles. The van der Waals surface area contributed by atoms with E-state index in [1.54, 1.807) is 18.2 Å². The Kier molecular flexibility index (Phi) is 5.36. The van der Waals surface area contributed by atoms with E-state index in [2.05, 4.69) is 15.9 Å². The number of hydrogen-bond acceptors (Lipinski definition) is 2. The fourth-order valence-corrected chi connectivity index (χ4v) is 1.96. The first-order valence-corrected chi connectivity index (χ1v) is 6.31. The van der Waals surface area contributed by atoms with Gasteiger partial charge in [-0.1, -0.05) is 45.2 Å². The molecule has 2 atom stereocenters. The van der Waals surface area contributed by atoms with Crippen LogP contribution in [0.15, 0.2) is 18.2 Å². The molecule has 0 fully saturated rings. The van der Waals surface area contributed by atoms with E-state index < -0.39 is 12.2 Å². The van der Waals surface area contributed by atoms with Crippen molar-refractivity contribution in [3.05, 3.63) is 33.8 Å². The highest BCUT2D eigenvalue weighted by atomic mass is 79.9. The van der Waals surface area contributed by atoms with Crippen LogP contribution in [0.5, 0.6) is 0 Å². The molecule has 0 aliphatic heterocycles. The third kappa shape index (κ3) is 3.61. The number of alkyl halides is 1. The zero-order chi connectivity index (χ0) is 11.4. The summed E-state index contributed by atoms with van der Waals surface area (Å²) in [6.45, 7) is 0. The van der Waals surface area contributed by atoms with Crippen molar-refractivity contribution < 1.29 is 10.2 Å². The minimum absolute atomic E-state index is 0.374. The van der Waals surface area contributed by atoms with Crippen LogP contribution in [-0.4, -0.2) is 21.6 Å². The molecule has 0 amide bonds. The first-order chi connectivity index (χ1) is 7.06. The summed E-state index contributed by atoms with van der Waals surface area (Å²) in [5.41, 5.74) is 0.567. The van der Waals surface area contributed by atoms with Gasteiger partial charge in [0.2, 0.25) is 0 Å². The van der Waals surface area contributed by atoms with Crippen molar-refractivity contribution in [2.45, 2.75) is 18.6 Å². The standard InChI is InChI=1S/C10H11BrCl2O2/c11-4-3-9(14)10(15)6-1-2-7(12)8(13)5-6/h1-2,5,9-10,14-15H,3-4H2. The largest absolute Gasteiger partial charge is 0.390 e. The van der Waals surface area contributed by atoms with Crippen molar-refractivity contribution in [1.29, 1.82) is 0 Å². The predicted octanol–water partition coefficient (Wildman–Crippen LogP) is 3.17. The van der Waals surface area contributed by atoms with E-state index in [1.807, 2.05) is 0 Å². The minimum Gasteiger partial charge on any atom is -0.390 e. The molecular weight excluding hydrogens is 303 g/mol. The lowest BCUT2D eigenvalue weighted by atomic mass is 10.0. The van der Waals surface area contributed by atoms with Crippen molar-refractivity contribution in [1.82, 2.24) is 0 Å². The summed E-state index contributed by atoms with van der Waals surface area (Å²) in [4.78, 5) is 0. The third-order valence-electron chi connectivity index (χ3n) is 2.05. The molecule has 1 aromatic carbocycles. The Balaban J connectivity index is 2.81. The molecule has 2 N–H and O–H groups in total.